The van der Waals surface area contributed by atoms with Crippen LogP contribution in [0.1, 0.15) is 26.3 Å². The van der Waals surface area contributed by atoms with Crippen LogP contribution in [-0.2, 0) is 16.1 Å². The van der Waals surface area contributed by atoms with Crippen molar-refractivity contribution in [2.45, 2.75) is 33.4 Å². The summed E-state index contributed by atoms with van der Waals surface area (Å²) in [7, 11) is 1.59. The molecule has 0 spiro atoms. The van der Waals surface area contributed by atoms with Crippen molar-refractivity contribution >= 4 is 11.8 Å². The van der Waals surface area contributed by atoms with Crippen LogP contribution in [-0.4, -0.2) is 43.0 Å². The van der Waals surface area contributed by atoms with Gasteiger partial charge in [0.1, 0.15) is 17.5 Å². The van der Waals surface area contributed by atoms with E-state index in [0.717, 1.165) is 5.56 Å². The highest BCUT2D eigenvalue weighted by Gasteiger charge is 2.26. The van der Waals surface area contributed by atoms with Crippen LogP contribution in [0.25, 0.3) is 0 Å². The highest BCUT2D eigenvalue weighted by Crippen LogP contribution is 2.17. The largest absolute Gasteiger partial charge is 0.497 e. The van der Waals surface area contributed by atoms with Gasteiger partial charge < -0.3 is 19.7 Å². The maximum atomic E-state index is 12.9. The number of nitrogens with one attached hydrogen (secondary N) is 1. The summed E-state index contributed by atoms with van der Waals surface area (Å²) in [6.45, 7) is 6.48. The van der Waals surface area contributed by atoms with Crippen LogP contribution in [0, 0.1) is 5.92 Å². The number of para-hydroxylation sites is 1. The molecule has 0 aliphatic rings. The number of hydrogen-bond acceptors (Lipinski definition) is 4. The van der Waals surface area contributed by atoms with E-state index >= 15 is 0 Å². The first-order valence-electron chi connectivity index (χ1n) is 9.78. The van der Waals surface area contributed by atoms with Crippen LogP contribution in [0.15, 0.2) is 54.6 Å². The second kappa shape index (κ2) is 11.1. The fourth-order valence-electron chi connectivity index (χ4n) is 2.75. The molecule has 0 saturated heterocycles. The molecule has 6 nitrogen and oxygen atoms in total. The number of rotatable bonds is 10. The Labute approximate surface area is 172 Å². The number of ether oxygens (including phenoxy) is 2. The van der Waals surface area contributed by atoms with Gasteiger partial charge in [-0.25, -0.2) is 0 Å². The third kappa shape index (κ3) is 7.14. The minimum absolute atomic E-state index is 0.143. The van der Waals surface area contributed by atoms with Crippen LogP contribution < -0.4 is 14.8 Å². The van der Waals surface area contributed by atoms with E-state index < -0.39 is 6.04 Å². The lowest BCUT2D eigenvalue weighted by Gasteiger charge is -2.29. The zero-order valence-corrected chi connectivity index (χ0v) is 17.6. The Bertz CT molecular complexity index is 792. The van der Waals surface area contributed by atoms with E-state index in [1.807, 2.05) is 56.3 Å². The molecule has 2 amide bonds. The molecule has 0 unspecified atom stereocenters. The molecular weight excluding hydrogens is 368 g/mol. The van der Waals surface area contributed by atoms with Crippen LogP contribution in [0.3, 0.4) is 0 Å². The van der Waals surface area contributed by atoms with Gasteiger partial charge in [-0.15, -0.1) is 0 Å². The summed E-state index contributed by atoms with van der Waals surface area (Å²) in [6, 6.07) is 16.0. The van der Waals surface area contributed by atoms with Gasteiger partial charge in [0.25, 0.3) is 5.91 Å². The quantitative estimate of drug-likeness (QED) is 0.667. The van der Waals surface area contributed by atoms with Gasteiger partial charge in [0.15, 0.2) is 6.61 Å². The molecule has 0 aliphatic heterocycles. The summed E-state index contributed by atoms with van der Waals surface area (Å²) >= 11 is 0. The van der Waals surface area contributed by atoms with Gasteiger partial charge in [-0.3, -0.25) is 9.59 Å². The van der Waals surface area contributed by atoms with Crippen molar-refractivity contribution in [3.8, 4) is 11.5 Å². The van der Waals surface area contributed by atoms with Crippen molar-refractivity contribution in [1.82, 2.24) is 10.2 Å². The number of benzene rings is 2. The highest BCUT2D eigenvalue weighted by atomic mass is 16.5. The molecule has 6 heteroatoms. The fourth-order valence-corrected chi connectivity index (χ4v) is 2.75. The van der Waals surface area contributed by atoms with Crippen molar-refractivity contribution in [2.75, 3.05) is 20.3 Å². The van der Waals surface area contributed by atoms with Gasteiger partial charge in [-0.2, -0.15) is 0 Å². The van der Waals surface area contributed by atoms with E-state index in [4.69, 9.17) is 9.47 Å². The van der Waals surface area contributed by atoms with Crippen LogP contribution >= 0.6 is 0 Å². The maximum Gasteiger partial charge on any atom is 0.261 e. The minimum Gasteiger partial charge on any atom is -0.497 e. The van der Waals surface area contributed by atoms with Gasteiger partial charge in [-0.05, 0) is 42.7 Å². The summed E-state index contributed by atoms with van der Waals surface area (Å²) in [5.41, 5.74) is 0.876. The lowest BCUT2D eigenvalue weighted by Crippen LogP contribution is -2.49. The Kier molecular flexibility index (Phi) is 8.52. The van der Waals surface area contributed by atoms with E-state index in [1.54, 1.807) is 26.2 Å². The average Bonchev–Trinajstić information content (AvgIpc) is 2.74. The van der Waals surface area contributed by atoms with Crippen molar-refractivity contribution < 1.29 is 19.1 Å². The zero-order chi connectivity index (χ0) is 21.2. The Hall–Kier alpha value is -3.02. The lowest BCUT2D eigenvalue weighted by atomic mass is 10.1. The van der Waals surface area contributed by atoms with Gasteiger partial charge >= 0.3 is 0 Å². The maximum absolute atomic E-state index is 12.9. The normalized spacial score (nSPS) is 11.6. The van der Waals surface area contributed by atoms with E-state index in [9.17, 15) is 9.59 Å². The highest BCUT2D eigenvalue weighted by molar-refractivity contribution is 5.87. The van der Waals surface area contributed by atoms with Gasteiger partial charge in [0.05, 0.1) is 7.11 Å². The van der Waals surface area contributed by atoms with Gasteiger partial charge in [0, 0.05) is 13.1 Å². The molecule has 0 fully saturated rings. The summed E-state index contributed by atoms with van der Waals surface area (Å²) in [4.78, 5) is 27.1. The standard InChI is InChI=1S/C23H30N2O4/c1-17(2)14-24-23(27)18(3)25(15-19-9-8-12-21(13-19)28-4)22(26)16-29-20-10-6-5-7-11-20/h5-13,17-18H,14-16H2,1-4H3,(H,24,27)/t18-/m0/s1. The topological polar surface area (TPSA) is 67.9 Å². The van der Waals surface area contributed by atoms with Crippen molar-refractivity contribution in [3.05, 3.63) is 60.2 Å². The molecule has 0 heterocycles. The van der Waals surface area contributed by atoms with Crippen molar-refractivity contribution in [1.29, 1.82) is 0 Å². The van der Waals surface area contributed by atoms with E-state index in [2.05, 4.69) is 5.32 Å². The number of carbonyl (C=O) groups is 2. The second-order valence-electron chi connectivity index (χ2n) is 7.29. The van der Waals surface area contributed by atoms with Crippen molar-refractivity contribution in [3.63, 3.8) is 0 Å². The SMILES string of the molecule is COc1cccc(CN(C(=O)COc2ccccc2)[C@@H](C)C(=O)NCC(C)C)c1. The Morgan fingerprint density at radius 1 is 1.00 bits per heavy atom. The van der Waals surface area contributed by atoms with Crippen molar-refractivity contribution in [2.24, 2.45) is 5.92 Å². The third-order valence-electron chi connectivity index (χ3n) is 4.44. The Morgan fingerprint density at radius 3 is 2.34 bits per heavy atom. The predicted molar refractivity (Wildman–Crippen MR) is 113 cm³/mol. The fraction of sp³-hybridized carbons (Fsp3) is 0.391. The molecule has 29 heavy (non-hydrogen) atoms. The molecule has 0 bridgehead atoms. The second-order valence-corrected chi connectivity index (χ2v) is 7.29. The first kappa shape index (κ1) is 22.3. The number of methoxy groups -OCH3 is 1. The lowest BCUT2D eigenvalue weighted by molar-refractivity contribution is -0.142. The van der Waals surface area contributed by atoms with Gasteiger partial charge in [0.2, 0.25) is 5.91 Å². The smallest absolute Gasteiger partial charge is 0.261 e. The molecule has 1 N–H and O–H groups in total. The van der Waals surface area contributed by atoms with E-state index in [-0.39, 0.29) is 25.0 Å². The molecule has 0 aromatic heterocycles. The average molecular weight is 399 g/mol. The summed E-state index contributed by atoms with van der Waals surface area (Å²) in [6.07, 6.45) is 0. The molecule has 2 aromatic rings. The molecule has 0 radical (unpaired) electrons. The monoisotopic (exact) mass is 398 g/mol. The minimum atomic E-state index is -0.633. The zero-order valence-electron chi connectivity index (χ0n) is 17.6. The Balaban J connectivity index is 2.14. The number of nitrogens with zero attached hydrogens (tertiary/aromatic N) is 1. The first-order chi connectivity index (χ1) is 13.9. The number of hydrogen-bond donors (Lipinski definition) is 1. The molecule has 2 rings (SSSR count). The molecular formula is C23H30N2O4. The Morgan fingerprint density at radius 2 is 1.69 bits per heavy atom. The van der Waals surface area contributed by atoms with E-state index in [0.29, 0.717) is 24.0 Å². The third-order valence-corrected chi connectivity index (χ3v) is 4.44. The summed E-state index contributed by atoms with van der Waals surface area (Å²) in [5, 5.41) is 2.90. The van der Waals surface area contributed by atoms with E-state index in [1.165, 1.54) is 4.90 Å². The summed E-state index contributed by atoms with van der Waals surface area (Å²) < 4.78 is 10.9. The molecule has 0 saturated carbocycles. The molecule has 0 aliphatic carbocycles. The molecule has 2 aromatic carbocycles. The number of amides is 2. The van der Waals surface area contributed by atoms with Crippen LogP contribution in [0.5, 0.6) is 11.5 Å². The first-order valence-corrected chi connectivity index (χ1v) is 9.78. The molecule has 1 atom stereocenters. The molecule has 156 valence electrons. The predicted octanol–water partition coefficient (Wildman–Crippen LogP) is 3.26. The van der Waals surface area contributed by atoms with Crippen LogP contribution in [0.2, 0.25) is 0 Å². The summed E-state index contributed by atoms with van der Waals surface area (Å²) in [5.74, 6) is 1.19. The van der Waals surface area contributed by atoms with Gasteiger partial charge in [-0.1, -0.05) is 44.2 Å². The number of carbonyl (C=O) groups excluding carboxylic acids is 2. The van der Waals surface area contributed by atoms with Crippen LogP contribution in [0.4, 0.5) is 0 Å².